The van der Waals surface area contributed by atoms with Crippen molar-refractivity contribution in [1.82, 2.24) is 14.7 Å². The lowest BCUT2D eigenvalue weighted by Gasteiger charge is -2.42. The van der Waals surface area contributed by atoms with Crippen LogP contribution in [-0.4, -0.2) is 82.9 Å². The second-order valence-corrected chi connectivity index (χ2v) is 7.47. The van der Waals surface area contributed by atoms with Crippen molar-refractivity contribution in [2.24, 2.45) is 7.05 Å². The molecule has 1 atom stereocenters. The maximum absolute atomic E-state index is 12.3. The van der Waals surface area contributed by atoms with Gasteiger partial charge in [-0.3, -0.25) is 14.4 Å². The largest absolute Gasteiger partial charge is 0.490 e. The first-order chi connectivity index (χ1) is 15.1. The minimum Gasteiger partial charge on any atom is -0.475 e. The van der Waals surface area contributed by atoms with Crippen molar-refractivity contribution in [3.8, 4) is 0 Å². The van der Waals surface area contributed by atoms with E-state index in [4.69, 9.17) is 23.8 Å². The maximum atomic E-state index is 12.3. The molecule has 2 aliphatic rings. The number of ether oxygens (including phenoxy) is 2. The molecule has 4 heterocycles. The molecule has 13 heteroatoms. The second-order valence-electron chi connectivity index (χ2n) is 7.47. The smallest absolute Gasteiger partial charge is 0.475 e. The van der Waals surface area contributed by atoms with Gasteiger partial charge in [-0.25, -0.2) is 4.79 Å². The molecule has 176 valence electrons. The molecule has 1 spiro atoms. The first-order valence-corrected chi connectivity index (χ1v) is 9.63. The van der Waals surface area contributed by atoms with Crippen LogP contribution in [0.15, 0.2) is 35.2 Å². The van der Waals surface area contributed by atoms with Gasteiger partial charge in [0.1, 0.15) is 18.0 Å². The van der Waals surface area contributed by atoms with Crippen LogP contribution >= 0.6 is 0 Å². The second kappa shape index (κ2) is 9.71. The summed E-state index contributed by atoms with van der Waals surface area (Å²) < 4.78 is 50.7. The Labute approximate surface area is 181 Å². The van der Waals surface area contributed by atoms with Gasteiger partial charge in [-0.15, -0.1) is 0 Å². The molecule has 0 aromatic carbocycles. The number of carbonyl (C=O) groups is 2. The Kier molecular flexibility index (Phi) is 7.21. The molecular formula is C19H23F3N4O6. The van der Waals surface area contributed by atoms with Gasteiger partial charge in [-0.05, 0) is 12.1 Å². The molecular weight excluding hydrogens is 437 g/mol. The van der Waals surface area contributed by atoms with E-state index in [2.05, 4.69) is 10.00 Å². The summed E-state index contributed by atoms with van der Waals surface area (Å²) in [6.45, 7) is 3.77. The zero-order valence-corrected chi connectivity index (χ0v) is 17.2. The number of hydrogen-bond donors (Lipinski definition) is 1. The standard InChI is InChI=1S/C17H22N4O4.C2HF3O2/c1-19-8-14(7-18-19)21-12-17(25-10-16(21)22)11-20(4-6-23-13-17)9-15-3-2-5-24-15;3-2(4,5)1(6)7/h2-3,5,7-8H,4,6,9-13H2,1H3;(H,6,7). The third-order valence-corrected chi connectivity index (χ3v) is 4.88. The molecule has 0 aliphatic carbocycles. The Bertz CT molecular complexity index is 917. The van der Waals surface area contributed by atoms with Gasteiger partial charge in [-0.2, -0.15) is 18.3 Å². The number of rotatable bonds is 3. The molecule has 0 radical (unpaired) electrons. The molecule has 2 saturated heterocycles. The molecule has 32 heavy (non-hydrogen) atoms. The first kappa shape index (κ1) is 23.8. The highest BCUT2D eigenvalue weighted by atomic mass is 19.4. The highest BCUT2D eigenvalue weighted by Gasteiger charge is 2.43. The normalized spacial score (nSPS) is 22.4. The molecule has 10 nitrogen and oxygen atoms in total. The number of alkyl halides is 3. The number of carbonyl (C=O) groups excluding carboxylic acids is 1. The van der Waals surface area contributed by atoms with E-state index < -0.39 is 17.7 Å². The molecule has 1 N–H and O–H groups in total. The minimum absolute atomic E-state index is 0.0485. The first-order valence-electron chi connectivity index (χ1n) is 9.63. The van der Waals surface area contributed by atoms with Crippen molar-refractivity contribution >= 4 is 17.6 Å². The molecule has 2 aromatic rings. The molecule has 1 unspecified atom stereocenters. The number of aliphatic carboxylic acids is 1. The van der Waals surface area contributed by atoms with Crippen molar-refractivity contribution in [3.05, 3.63) is 36.5 Å². The van der Waals surface area contributed by atoms with E-state index in [1.807, 2.05) is 25.4 Å². The number of furan rings is 1. The van der Waals surface area contributed by atoms with E-state index >= 15 is 0 Å². The number of morpholine rings is 1. The third kappa shape index (κ3) is 6.08. The van der Waals surface area contributed by atoms with Crippen LogP contribution in [0, 0.1) is 0 Å². The van der Waals surface area contributed by atoms with Crippen LogP contribution in [0.1, 0.15) is 5.76 Å². The topological polar surface area (TPSA) is 110 Å². The number of halogens is 3. The number of anilines is 1. The van der Waals surface area contributed by atoms with Crippen molar-refractivity contribution in [2.75, 3.05) is 44.4 Å². The van der Waals surface area contributed by atoms with E-state index in [1.54, 1.807) is 22.0 Å². The SMILES string of the molecule is Cn1cc(N2CC3(COCCN(Cc4ccco4)C3)OCC2=O)cn1.O=C(O)C(F)(F)F. The van der Waals surface area contributed by atoms with Crippen molar-refractivity contribution < 1.29 is 41.8 Å². The Morgan fingerprint density at radius 3 is 2.69 bits per heavy atom. The summed E-state index contributed by atoms with van der Waals surface area (Å²) in [6, 6.07) is 3.85. The van der Waals surface area contributed by atoms with Crippen LogP contribution in [0.2, 0.25) is 0 Å². The van der Waals surface area contributed by atoms with E-state index in [0.29, 0.717) is 32.8 Å². The minimum atomic E-state index is -5.08. The van der Waals surface area contributed by atoms with Gasteiger partial charge < -0.3 is 23.9 Å². The summed E-state index contributed by atoms with van der Waals surface area (Å²) in [5.41, 5.74) is 0.240. The maximum Gasteiger partial charge on any atom is 0.490 e. The third-order valence-electron chi connectivity index (χ3n) is 4.88. The summed E-state index contributed by atoms with van der Waals surface area (Å²) in [4.78, 5) is 25.2. The van der Waals surface area contributed by atoms with Crippen LogP contribution in [0.5, 0.6) is 0 Å². The molecule has 2 aliphatic heterocycles. The summed E-state index contributed by atoms with van der Waals surface area (Å²) in [5, 5.41) is 11.3. The van der Waals surface area contributed by atoms with Crippen LogP contribution in [0.3, 0.4) is 0 Å². The molecule has 0 saturated carbocycles. The molecule has 1 amide bonds. The monoisotopic (exact) mass is 460 g/mol. The molecule has 0 bridgehead atoms. The van der Waals surface area contributed by atoms with Gasteiger partial charge in [-0.1, -0.05) is 0 Å². The quantitative estimate of drug-likeness (QED) is 0.730. The lowest BCUT2D eigenvalue weighted by Crippen LogP contribution is -2.60. The lowest BCUT2D eigenvalue weighted by molar-refractivity contribution is -0.192. The van der Waals surface area contributed by atoms with Crippen LogP contribution in [0.25, 0.3) is 0 Å². The van der Waals surface area contributed by atoms with E-state index in [9.17, 15) is 18.0 Å². The van der Waals surface area contributed by atoms with E-state index in [1.165, 1.54) is 0 Å². The van der Waals surface area contributed by atoms with Crippen LogP contribution in [0.4, 0.5) is 18.9 Å². The number of aromatic nitrogens is 2. The fourth-order valence-electron chi connectivity index (χ4n) is 3.42. The van der Waals surface area contributed by atoms with Gasteiger partial charge in [0, 0.05) is 26.3 Å². The van der Waals surface area contributed by atoms with Gasteiger partial charge in [0.25, 0.3) is 5.91 Å². The fourth-order valence-corrected chi connectivity index (χ4v) is 3.42. The van der Waals surface area contributed by atoms with E-state index in [-0.39, 0.29) is 12.5 Å². The van der Waals surface area contributed by atoms with Gasteiger partial charge >= 0.3 is 12.1 Å². The Hall–Kier alpha value is -2.90. The number of hydrogen-bond acceptors (Lipinski definition) is 7. The number of nitrogens with zero attached hydrogens (tertiary/aromatic N) is 4. The Balaban J connectivity index is 0.000000360. The van der Waals surface area contributed by atoms with Crippen molar-refractivity contribution in [2.45, 2.75) is 18.3 Å². The number of carboxylic acid groups (broad SMARTS) is 1. The van der Waals surface area contributed by atoms with Crippen molar-refractivity contribution in [3.63, 3.8) is 0 Å². The Morgan fingerprint density at radius 1 is 1.34 bits per heavy atom. The van der Waals surface area contributed by atoms with Gasteiger partial charge in [0.15, 0.2) is 0 Å². The highest BCUT2D eigenvalue weighted by Crippen LogP contribution is 2.27. The summed E-state index contributed by atoms with van der Waals surface area (Å²) in [6.07, 6.45) is 0.142. The average molecular weight is 460 g/mol. The number of carboxylic acids is 1. The molecule has 4 rings (SSSR count). The highest BCUT2D eigenvalue weighted by molar-refractivity contribution is 5.95. The fraction of sp³-hybridized carbons (Fsp3) is 0.526. The van der Waals surface area contributed by atoms with E-state index in [0.717, 1.165) is 18.0 Å². The van der Waals surface area contributed by atoms with Crippen molar-refractivity contribution in [1.29, 1.82) is 0 Å². The lowest BCUT2D eigenvalue weighted by atomic mass is 10.0. The predicted molar refractivity (Wildman–Crippen MR) is 103 cm³/mol. The average Bonchev–Trinajstić information content (AvgIpc) is 3.34. The Morgan fingerprint density at radius 2 is 2.09 bits per heavy atom. The van der Waals surface area contributed by atoms with Crippen LogP contribution in [-0.2, 0) is 32.7 Å². The molecule has 2 fully saturated rings. The summed E-state index contributed by atoms with van der Waals surface area (Å²) in [7, 11) is 1.84. The summed E-state index contributed by atoms with van der Waals surface area (Å²) in [5.74, 6) is -1.90. The van der Waals surface area contributed by atoms with Gasteiger partial charge in [0.05, 0.1) is 44.5 Å². The summed E-state index contributed by atoms with van der Waals surface area (Å²) >= 11 is 0. The number of amides is 1. The molecule has 2 aromatic heterocycles. The number of aryl methyl sites for hydroxylation is 1. The zero-order chi connectivity index (χ0) is 23.4. The van der Waals surface area contributed by atoms with Gasteiger partial charge in [0.2, 0.25) is 0 Å². The zero-order valence-electron chi connectivity index (χ0n) is 17.2. The predicted octanol–water partition coefficient (Wildman–Crippen LogP) is 1.28. The van der Waals surface area contributed by atoms with Crippen LogP contribution < -0.4 is 4.90 Å².